The molecule has 0 radical (unpaired) electrons. The Morgan fingerprint density at radius 1 is 1.00 bits per heavy atom. The number of imide groups is 1. The second-order valence-corrected chi connectivity index (χ2v) is 6.18. The van der Waals surface area contributed by atoms with Crippen LogP contribution in [0.25, 0.3) is 10.8 Å². The van der Waals surface area contributed by atoms with Crippen LogP contribution < -0.4 is 5.43 Å². The van der Waals surface area contributed by atoms with Crippen molar-refractivity contribution in [1.29, 1.82) is 0 Å². The molecule has 11 heteroatoms. The first kappa shape index (κ1) is 18.9. The van der Waals surface area contributed by atoms with Crippen molar-refractivity contribution in [3.8, 4) is 0 Å². The van der Waals surface area contributed by atoms with Crippen molar-refractivity contribution in [1.82, 2.24) is 10.4 Å². The van der Waals surface area contributed by atoms with Crippen molar-refractivity contribution in [2.45, 2.75) is 26.2 Å². The van der Waals surface area contributed by atoms with Gasteiger partial charge in [0.05, 0.1) is 21.0 Å². The van der Waals surface area contributed by atoms with Crippen LogP contribution in [0.3, 0.4) is 0 Å². The number of benzene rings is 2. The molecule has 0 atom stereocenters. The lowest BCUT2D eigenvalue weighted by Gasteiger charge is -2.27. The van der Waals surface area contributed by atoms with Crippen LogP contribution in [0.1, 0.15) is 46.9 Å². The highest BCUT2D eigenvalue weighted by molar-refractivity contribution is 6.26. The van der Waals surface area contributed by atoms with Crippen LogP contribution in [0.5, 0.6) is 0 Å². The molecule has 0 spiro atoms. The van der Waals surface area contributed by atoms with Crippen LogP contribution in [0.2, 0.25) is 0 Å². The SMILES string of the molecule is CCCCC(=O)NN1C(=O)c2cc([N+](=O)[O-])cc3cc([N+](=O)[O-])cc(c23)C1=O. The third-order valence-electron chi connectivity index (χ3n) is 4.30. The average molecular weight is 386 g/mol. The number of carbonyl (C=O) groups is 3. The molecule has 1 aliphatic rings. The summed E-state index contributed by atoms with van der Waals surface area (Å²) in [5.74, 6) is -2.46. The van der Waals surface area contributed by atoms with Gasteiger partial charge in [-0.3, -0.25) is 40.0 Å². The Hall–Kier alpha value is -3.89. The van der Waals surface area contributed by atoms with E-state index in [1.807, 2.05) is 6.92 Å². The number of carbonyl (C=O) groups excluding carboxylic acids is 3. The highest BCUT2D eigenvalue weighted by Gasteiger charge is 2.37. The van der Waals surface area contributed by atoms with E-state index in [9.17, 15) is 34.6 Å². The molecular formula is C17H14N4O7. The number of hydrogen-bond acceptors (Lipinski definition) is 7. The molecule has 2 aromatic carbocycles. The maximum Gasteiger partial charge on any atom is 0.280 e. The minimum atomic E-state index is -0.940. The fourth-order valence-electron chi connectivity index (χ4n) is 2.98. The van der Waals surface area contributed by atoms with Gasteiger partial charge in [-0.05, 0) is 11.8 Å². The number of non-ortho nitro benzene ring substituents is 2. The molecule has 11 nitrogen and oxygen atoms in total. The van der Waals surface area contributed by atoms with Crippen LogP contribution in [0, 0.1) is 20.2 Å². The zero-order chi connectivity index (χ0) is 20.6. The molecule has 0 saturated carbocycles. The number of unbranched alkanes of at least 4 members (excludes halogenated alkanes) is 1. The van der Waals surface area contributed by atoms with E-state index in [1.54, 1.807) is 0 Å². The zero-order valence-corrected chi connectivity index (χ0v) is 14.6. The first-order valence-corrected chi connectivity index (χ1v) is 8.33. The molecule has 0 aromatic heterocycles. The van der Waals surface area contributed by atoms with Crippen LogP contribution in [-0.4, -0.2) is 32.6 Å². The molecule has 144 valence electrons. The molecular weight excluding hydrogens is 372 g/mol. The predicted octanol–water partition coefficient (Wildman–Crippen LogP) is 2.47. The van der Waals surface area contributed by atoms with Crippen LogP contribution in [0.15, 0.2) is 24.3 Å². The molecule has 0 aliphatic carbocycles. The predicted molar refractivity (Wildman–Crippen MR) is 95.4 cm³/mol. The van der Waals surface area contributed by atoms with Gasteiger partial charge in [-0.25, -0.2) is 0 Å². The Kier molecular flexibility index (Phi) is 4.74. The molecule has 0 fully saturated rings. The van der Waals surface area contributed by atoms with E-state index < -0.39 is 38.9 Å². The average Bonchev–Trinajstić information content (AvgIpc) is 2.66. The van der Waals surface area contributed by atoms with E-state index in [0.29, 0.717) is 11.4 Å². The number of rotatable bonds is 6. The van der Waals surface area contributed by atoms with E-state index in [0.717, 1.165) is 30.7 Å². The summed E-state index contributed by atoms with van der Waals surface area (Å²) in [5.41, 5.74) is 0.882. The molecule has 3 rings (SSSR count). The van der Waals surface area contributed by atoms with Gasteiger partial charge in [-0.15, -0.1) is 0 Å². The lowest BCUT2D eigenvalue weighted by atomic mass is 9.93. The fraction of sp³-hybridized carbons (Fsp3) is 0.235. The Balaban J connectivity index is 2.19. The first-order valence-electron chi connectivity index (χ1n) is 8.33. The van der Waals surface area contributed by atoms with Gasteiger partial charge in [0.25, 0.3) is 23.2 Å². The number of hydrogen-bond donors (Lipinski definition) is 1. The molecule has 0 saturated heterocycles. The lowest BCUT2D eigenvalue weighted by molar-refractivity contribution is -0.385. The summed E-state index contributed by atoms with van der Waals surface area (Å²) in [6, 6.07) is 4.09. The molecule has 0 bridgehead atoms. The van der Waals surface area contributed by atoms with Gasteiger partial charge in [-0.2, -0.15) is 5.01 Å². The van der Waals surface area contributed by atoms with Crippen LogP contribution >= 0.6 is 0 Å². The summed E-state index contributed by atoms with van der Waals surface area (Å²) >= 11 is 0. The van der Waals surface area contributed by atoms with Gasteiger partial charge < -0.3 is 0 Å². The van der Waals surface area contributed by atoms with Gasteiger partial charge in [0.1, 0.15) is 0 Å². The monoisotopic (exact) mass is 386 g/mol. The van der Waals surface area contributed by atoms with E-state index in [-0.39, 0.29) is 28.3 Å². The van der Waals surface area contributed by atoms with E-state index in [2.05, 4.69) is 5.43 Å². The summed E-state index contributed by atoms with van der Waals surface area (Å²) in [5, 5.41) is 22.9. The molecule has 1 N–H and O–H groups in total. The Morgan fingerprint density at radius 3 is 1.93 bits per heavy atom. The highest BCUT2D eigenvalue weighted by atomic mass is 16.6. The van der Waals surface area contributed by atoms with Crippen molar-refractivity contribution in [2.75, 3.05) is 0 Å². The summed E-state index contributed by atoms with van der Waals surface area (Å²) < 4.78 is 0. The molecule has 1 heterocycles. The largest absolute Gasteiger partial charge is 0.280 e. The Labute approximate surface area is 157 Å². The van der Waals surface area contributed by atoms with Crippen LogP contribution in [0.4, 0.5) is 11.4 Å². The number of nitrogens with one attached hydrogen (secondary N) is 1. The summed E-state index contributed by atoms with van der Waals surface area (Å²) in [6.07, 6.45) is 1.32. The Bertz CT molecular complexity index is 994. The topological polar surface area (TPSA) is 153 Å². The number of nitrogens with zero attached hydrogens (tertiary/aromatic N) is 3. The maximum atomic E-state index is 12.8. The molecule has 1 aliphatic heterocycles. The van der Waals surface area contributed by atoms with Gasteiger partial charge in [-0.1, -0.05) is 13.3 Å². The zero-order valence-electron chi connectivity index (χ0n) is 14.6. The quantitative estimate of drug-likeness (QED) is 0.454. The molecule has 2 aromatic rings. The summed E-state index contributed by atoms with van der Waals surface area (Å²) in [4.78, 5) is 58.4. The minimum absolute atomic E-state index is 0.0204. The third kappa shape index (κ3) is 3.13. The molecule has 0 unspecified atom stereocenters. The third-order valence-corrected chi connectivity index (χ3v) is 4.30. The number of nitro benzene ring substituents is 2. The van der Waals surface area contributed by atoms with Gasteiger partial charge in [0, 0.05) is 36.1 Å². The smallest absolute Gasteiger partial charge is 0.273 e. The van der Waals surface area contributed by atoms with Crippen molar-refractivity contribution in [3.63, 3.8) is 0 Å². The normalized spacial score (nSPS) is 13.0. The summed E-state index contributed by atoms with van der Waals surface area (Å²) in [7, 11) is 0. The second-order valence-electron chi connectivity index (χ2n) is 6.18. The van der Waals surface area contributed by atoms with E-state index in [1.165, 1.54) is 0 Å². The summed E-state index contributed by atoms with van der Waals surface area (Å²) in [6.45, 7) is 1.86. The standard InChI is InChI=1S/C17H14N4O7/c1-2-3-4-14(22)18-19-16(23)12-7-10(20(25)26)5-9-6-11(21(27)28)8-13(15(9)12)17(19)24/h5-8H,2-4H2,1H3,(H,18,22). The minimum Gasteiger partial charge on any atom is -0.273 e. The highest BCUT2D eigenvalue weighted by Crippen LogP contribution is 2.35. The molecule has 3 amide bonds. The number of nitro groups is 2. The van der Waals surface area contributed by atoms with Crippen molar-refractivity contribution < 1.29 is 24.2 Å². The van der Waals surface area contributed by atoms with Crippen molar-refractivity contribution in [3.05, 3.63) is 55.6 Å². The number of hydrazine groups is 1. The second kappa shape index (κ2) is 7.02. The molecule has 28 heavy (non-hydrogen) atoms. The Morgan fingerprint density at radius 2 is 1.50 bits per heavy atom. The van der Waals surface area contributed by atoms with E-state index in [4.69, 9.17) is 0 Å². The van der Waals surface area contributed by atoms with Crippen molar-refractivity contribution in [2.24, 2.45) is 0 Å². The fourth-order valence-corrected chi connectivity index (χ4v) is 2.98. The number of amides is 3. The first-order chi connectivity index (χ1) is 13.2. The lowest BCUT2D eigenvalue weighted by Crippen LogP contribution is -2.51. The van der Waals surface area contributed by atoms with Gasteiger partial charge in [0.15, 0.2) is 0 Å². The maximum absolute atomic E-state index is 12.8. The van der Waals surface area contributed by atoms with E-state index >= 15 is 0 Å². The van der Waals surface area contributed by atoms with Gasteiger partial charge in [0.2, 0.25) is 5.91 Å². The van der Waals surface area contributed by atoms with Crippen LogP contribution in [-0.2, 0) is 4.79 Å². The van der Waals surface area contributed by atoms with Crippen molar-refractivity contribution >= 4 is 39.9 Å². The van der Waals surface area contributed by atoms with Gasteiger partial charge >= 0.3 is 0 Å².